The van der Waals surface area contributed by atoms with Gasteiger partial charge in [-0.05, 0) is 6.92 Å². The van der Waals surface area contributed by atoms with Crippen LogP contribution in [0.3, 0.4) is 0 Å². The van der Waals surface area contributed by atoms with E-state index in [-0.39, 0.29) is 11.2 Å². The third-order valence-corrected chi connectivity index (χ3v) is 5.65. The van der Waals surface area contributed by atoms with E-state index in [1.807, 2.05) is 22.9 Å². The van der Waals surface area contributed by atoms with Crippen molar-refractivity contribution in [3.8, 4) is 0 Å². The number of halogens is 1. The number of hydrogen-bond donors (Lipinski definition) is 2. The summed E-state index contributed by atoms with van der Waals surface area (Å²) in [5.41, 5.74) is 2.77. The zero-order chi connectivity index (χ0) is 14.6. The van der Waals surface area contributed by atoms with Gasteiger partial charge in [-0.2, -0.15) is 5.10 Å². The van der Waals surface area contributed by atoms with Gasteiger partial charge in [-0.15, -0.1) is 23.1 Å². The van der Waals surface area contributed by atoms with Crippen molar-refractivity contribution in [1.29, 1.82) is 0 Å². The maximum Gasteiger partial charge on any atom is 0.235 e. The number of carbonyl (C=O) groups is 1. The van der Waals surface area contributed by atoms with E-state index >= 15 is 0 Å². The van der Waals surface area contributed by atoms with Gasteiger partial charge in [-0.3, -0.25) is 14.3 Å². The number of aromatic amines is 1. The molecule has 0 saturated heterocycles. The van der Waals surface area contributed by atoms with Crippen LogP contribution in [0.15, 0.2) is 11.6 Å². The average molecular weight is 340 g/mol. The van der Waals surface area contributed by atoms with Gasteiger partial charge in [-0.1, -0.05) is 11.6 Å². The molecule has 4 heterocycles. The van der Waals surface area contributed by atoms with E-state index in [0.29, 0.717) is 16.7 Å². The SMILES string of the molecule is Cc1[nH]nc2c1[C@@H](c1c(Cl)nc3sccn13)SCC(=O)N2. The van der Waals surface area contributed by atoms with Gasteiger partial charge >= 0.3 is 0 Å². The Bertz CT molecular complexity index is 851. The lowest BCUT2D eigenvalue weighted by Crippen LogP contribution is -2.12. The lowest BCUT2D eigenvalue weighted by atomic mass is 10.1. The van der Waals surface area contributed by atoms with Gasteiger partial charge in [0.05, 0.1) is 16.7 Å². The predicted molar refractivity (Wildman–Crippen MR) is 84.3 cm³/mol. The number of aromatic nitrogens is 4. The summed E-state index contributed by atoms with van der Waals surface area (Å²) in [6, 6.07) is 0. The molecule has 108 valence electrons. The largest absolute Gasteiger partial charge is 0.308 e. The maximum absolute atomic E-state index is 11.8. The first-order valence-corrected chi connectivity index (χ1v) is 8.53. The Hall–Kier alpha value is -1.51. The van der Waals surface area contributed by atoms with Crippen molar-refractivity contribution in [2.24, 2.45) is 0 Å². The molecule has 0 radical (unpaired) electrons. The molecule has 1 amide bonds. The van der Waals surface area contributed by atoms with Crippen LogP contribution in [0, 0.1) is 6.92 Å². The topological polar surface area (TPSA) is 75.1 Å². The van der Waals surface area contributed by atoms with Crippen LogP contribution in [0.1, 0.15) is 22.2 Å². The second-order valence-corrected chi connectivity index (χ2v) is 7.02. The molecule has 0 spiro atoms. The highest BCUT2D eigenvalue weighted by Crippen LogP contribution is 2.44. The molecular weight excluding hydrogens is 330 g/mol. The Labute approximate surface area is 132 Å². The summed E-state index contributed by atoms with van der Waals surface area (Å²) in [6.45, 7) is 1.94. The first kappa shape index (κ1) is 13.2. The average Bonchev–Trinajstić information content (AvgIpc) is 3.06. The zero-order valence-corrected chi connectivity index (χ0v) is 13.3. The molecule has 9 heteroatoms. The van der Waals surface area contributed by atoms with Gasteiger partial charge in [0.25, 0.3) is 0 Å². The number of carbonyl (C=O) groups excluding carboxylic acids is 1. The van der Waals surface area contributed by atoms with E-state index in [0.717, 1.165) is 21.9 Å². The quantitative estimate of drug-likeness (QED) is 0.715. The van der Waals surface area contributed by atoms with E-state index in [2.05, 4.69) is 20.5 Å². The smallest absolute Gasteiger partial charge is 0.235 e. The van der Waals surface area contributed by atoms with Crippen molar-refractivity contribution in [1.82, 2.24) is 19.6 Å². The summed E-state index contributed by atoms with van der Waals surface area (Å²) >= 11 is 9.41. The van der Waals surface area contributed by atoms with Crippen LogP contribution >= 0.6 is 34.7 Å². The van der Waals surface area contributed by atoms with Crippen molar-refractivity contribution in [3.63, 3.8) is 0 Å². The number of hydrogen-bond acceptors (Lipinski definition) is 5. The summed E-state index contributed by atoms with van der Waals surface area (Å²) in [7, 11) is 0. The van der Waals surface area contributed by atoms with E-state index in [9.17, 15) is 4.79 Å². The van der Waals surface area contributed by atoms with Crippen molar-refractivity contribution in [2.75, 3.05) is 11.1 Å². The van der Waals surface area contributed by atoms with Crippen LogP contribution in [0.5, 0.6) is 0 Å². The Morgan fingerprint density at radius 2 is 2.38 bits per heavy atom. The highest BCUT2D eigenvalue weighted by molar-refractivity contribution is 8.00. The number of rotatable bonds is 1. The van der Waals surface area contributed by atoms with Gasteiger partial charge in [0, 0.05) is 22.8 Å². The standard InChI is InChI=1S/C12H10ClN5OS2/c1-5-7-9(21-4-6(19)14-11(7)17-16-5)8-10(13)15-12-18(8)2-3-20-12/h2-3,9H,4H2,1H3,(H2,14,16,17,19)/t9-/m0/s1. The number of imidazole rings is 1. The molecule has 0 fully saturated rings. The number of anilines is 1. The number of amides is 1. The van der Waals surface area contributed by atoms with Gasteiger partial charge in [0.1, 0.15) is 0 Å². The minimum Gasteiger partial charge on any atom is -0.308 e. The number of thiazole rings is 1. The molecule has 21 heavy (non-hydrogen) atoms. The van der Waals surface area contributed by atoms with E-state index < -0.39 is 0 Å². The molecule has 4 rings (SSSR count). The molecule has 1 atom stereocenters. The molecule has 0 bridgehead atoms. The lowest BCUT2D eigenvalue weighted by molar-refractivity contribution is -0.113. The van der Waals surface area contributed by atoms with E-state index in [1.165, 1.54) is 23.1 Å². The van der Waals surface area contributed by atoms with Crippen molar-refractivity contribution in [3.05, 3.63) is 33.7 Å². The van der Waals surface area contributed by atoms with Gasteiger partial charge < -0.3 is 5.32 Å². The number of aryl methyl sites for hydroxylation is 1. The second-order valence-electron chi connectivity index (χ2n) is 4.69. The normalized spacial score (nSPS) is 18.6. The third kappa shape index (κ3) is 1.97. The Kier molecular flexibility index (Phi) is 2.98. The summed E-state index contributed by atoms with van der Waals surface area (Å²) < 4.78 is 1.98. The molecule has 3 aromatic heterocycles. The maximum atomic E-state index is 11.8. The molecule has 1 aliphatic heterocycles. The number of H-pyrrole nitrogens is 1. The molecule has 0 saturated carbocycles. The Balaban J connectivity index is 1.95. The molecule has 0 unspecified atom stereocenters. The summed E-state index contributed by atoms with van der Waals surface area (Å²) in [6.07, 6.45) is 1.95. The fraction of sp³-hybridized carbons (Fsp3) is 0.250. The number of nitrogens with zero attached hydrogens (tertiary/aromatic N) is 3. The number of thioether (sulfide) groups is 1. The molecule has 6 nitrogen and oxygen atoms in total. The van der Waals surface area contributed by atoms with Crippen molar-refractivity contribution < 1.29 is 4.79 Å². The highest BCUT2D eigenvalue weighted by Gasteiger charge is 2.32. The molecule has 3 aromatic rings. The van der Waals surface area contributed by atoms with Crippen LogP contribution in [-0.2, 0) is 4.79 Å². The Morgan fingerprint density at radius 1 is 1.52 bits per heavy atom. The van der Waals surface area contributed by atoms with Crippen LogP contribution < -0.4 is 5.32 Å². The van der Waals surface area contributed by atoms with Crippen molar-refractivity contribution >= 4 is 51.4 Å². The minimum atomic E-state index is -0.0881. The second kappa shape index (κ2) is 4.75. The molecule has 0 aromatic carbocycles. The number of nitrogens with one attached hydrogen (secondary N) is 2. The van der Waals surface area contributed by atoms with Gasteiger partial charge in [0.15, 0.2) is 15.9 Å². The van der Waals surface area contributed by atoms with Crippen LogP contribution in [-0.4, -0.2) is 31.2 Å². The lowest BCUT2D eigenvalue weighted by Gasteiger charge is -2.14. The molecular formula is C12H10ClN5OS2. The zero-order valence-electron chi connectivity index (χ0n) is 10.9. The predicted octanol–water partition coefficient (Wildman–Crippen LogP) is 2.86. The van der Waals surface area contributed by atoms with Gasteiger partial charge in [-0.25, -0.2) is 4.98 Å². The van der Waals surface area contributed by atoms with Crippen LogP contribution in [0.2, 0.25) is 5.15 Å². The monoisotopic (exact) mass is 339 g/mol. The first-order valence-electron chi connectivity index (χ1n) is 6.22. The highest BCUT2D eigenvalue weighted by atomic mass is 35.5. The van der Waals surface area contributed by atoms with Crippen LogP contribution in [0.4, 0.5) is 5.82 Å². The fourth-order valence-electron chi connectivity index (χ4n) is 2.49. The first-order chi connectivity index (χ1) is 10.1. The summed E-state index contributed by atoms with van der Waals surface area (Å²) in [5, 5.41) is 12.3. The third-order valence-electron chi connectivity index (χ3n) is 3.40. The number of fused-ring (bicyclic) bond motifs is 2. The van der Waals surface area contributed by atoms with Gasteiger partial charge in [0.2, 0.25) is 5.91 Å². The minimum absolute atomic E-state index is 0.0579. The van der Waals surface area contributed by atoms with Crippen molar-refractivity contribution in [2.45, 2.75) is 12.2 Å². The Morgan fingerprint density at radius 3 is 3.24 bits per heavy atom. The fourth-order valence-corrected chi connectivity index (χ4v) is 4.84. The van der Waals surface area contributed by atoms with E-state index in [4.69, 9.17) is 11.6 Å². The van der Waals surface area contributed by atoms with E-state index in [1.54, 1.807) is 0 Å². The van der Waals surface area contributed by atoms with Crippen LogP contribution in [0.25, 0.3) is 4.96 Å². The molecule has 0 aliphatic carbocycles. The molecule has 1 aliphatic rings. The molecule has 2 N–H and O–H groups in total. The summed E-state index contributed by atoms with van der Waals surface area (Å²) in [5.74, 6) is 0.875. The summed E-state index contributed by atoms with van der Waals surface area (Å²) in [4.78, 5) is 17.1.